The monoisotopic (exact) mass is 524 g/mol. The molecule has 1 aliphatic carbocycles. The number of aliphatic hydroxyl groups is 1. The number of aryl methyl sites for hydroxylation is 1. The zero-order chi connectivity index (χ0) is 27.3. The predicted octanol–water partition coefficient (Wildman–Crippen LogP) is 3.96. The Hall–Kier alpha value is -4.11. The summed E-state index contributed by atoms with van der Waals surface area (Å²) < 4.78 is 1.78. The van der Waals surface area contributed by atoms with Gasteiger partial charge in [-0.2, -0.15) is 0 Å². The van der Waals surface area contributed by atoms with Crippen LogP contribution in [0.15, 0.2) is 54.7 Å². The molecule has 1 saturated carbocycles. The number of pyridine rings is 1. The van der Waals surface area contributed by atoms with Crippen LogP contribution in [-0.4, -0.2) is 72.9 Å². The van der Waals surface area contributed by atoms with Crippen molar-refractivity contribution >= 4 is 22.7 Å². The van der Waals surface area contributed by atoms with E-state index in [-0.39, 0.29) is 11.8 Å². The summed E-state index contributed by atoms with van der Waals surface area (Å²) in [5.41, 5.74) is 4.47. The van der Waals surface area contributed by atoms with Crippen LogP contribution < -0.4 is 0 Å². The number of piperazine rings is 1. The molecular weight excluding hydrogens is 492 g/mol. The molecule has 2 aromatic carbocycles. The molecule has 2 amide bonds. The lowest BCUT2D eigenvalue weighted by Crippen LogP contribution is -2.50. The summed E-state index contributed by atoms with van der Waals surface area (Å²) in [7, 11) is 0. The number of nitrogens with zero attached hydrogens (tertiary/aromatic N) is 6. The summed E-state index contributed by atoms with van der Waals surface area (Å²) in [6, 6.07) is 15.8. The average Bonchev–Trinajstić information content (AvgIpc) is 3.67. The zero-order valence-electron chi connectivity index (χ0n) is 22.5. The van der Waals surface area contributed by atoms with E-state index in [1.807, 2.05) is 55.5 Å². The van der Waals surface area contributed by atoms with Crippen molar-refractivity contribution in [3.05, 3.63) is 77.1 Å². The van der Waals surface area contributed by atoms with Gasteiger partial charge in [-0.1, -0.05) is 35.5 Å². The Labute approximate surface area is 227 Å². The summed E-state index contributed by atoms with van der Waals surface area (Å²) >= 11 is 0. The first kappa shape index (κ1) is 25.2. The molecule has 9 nitrogen and oxygen atoms in total. The van der Waals surface area contributed by atoms with Crippen LogP contribution in [0.1, 0.15) is 64.7 Å². The van der Waals surface area contributed by atoms with Gasteiger partial charge in [0.05, 0.1) is 29.1 Å². The molecule has 0 radical (unpaired) electrons. The number of hydrogen-bond acceptors (Lipinski definition) is 6. The van der Waals surface area contributed by atoms with Crippen LogP contribution in [-0.2, 0) is 5.60 Å². The van der Waals surface area contributed by atoms with Crippen LogP contribution in [0.2, 0.25) is 0 Å². The Kier molecular flexibility index (Phi) is 6.18. The highest BCUT2D eigenvalue weighted by atomic mass is 16.3. The third kappa shape index (κ3) is 5.02. The zero-order valence-corrected chi connectivity index (χ0v) is 22.5. The molecule has 0 spiro atoms. The maximum atomic E-state index is 13.4. The van der Waals surface area contributed by atoms with Crippen molar-refractivity contribution in [2.45, 2.75) is 45.3 Å². The Morgan fingerprint density at radius 3 is 2.23 bits per heavy atom. The van der Waals surface area contributed by atoms with Gasteiger partial charge in [-0.25, -0.2) is 9.67 Å². The Bertz CT molecular complexity index is 1560. The van der Waals surface area contributed by atoms with Gasteiger partial charge in [0.2, 0.25) is 0 Å². The lowest BCUT2D eigenvalue weighted by molar-refractivity contribution is 0.0532. The maximum Gasteiger partial charge on any atom is 0.276 e. The fraction of sp³-hybridized carbons (Fsp3) is 0.367. The molecule has 0 unspecified atom stereocenters. The quantitative estimate of drug-likeness (QED) is 0.424. The van der Waals surface area contributed by atoms with E-state index < -0.39 is 5.60 Å². The van der Waals surface area contributed by atoms with E-state index in [2.05, 4.69) is 10.3 Å². The number of carbonyl (C=O) groups excluding carboxylic acids is 2. The highest BCUT2D eigenvalue weighted by Gasteiger charge is 2.29. The fourth-order valence-corrected chi connectivity index (χ4v) is 5.08. The molecule has 0 atom stereocenters. The molecule has 2 fully saturated rings. The number of aromatic nitrogens is 4. The molecule has 1 aliphatic heterocycles. The number of benzene rings is 2. The van der Waals surface area contributed by atoms with Crippen molar-refractivity contribution in [1.29, 1.82) is 0 Å². The second kappa shape index (κ2) is 9.57. The second-order valence-electron chi connectivity index (χ2n) is 11.1. The first-order chi connectivity index (χ1) is 18.7. The van der Waals surface area contributed by atoms with Gasteiger partial charge in [0.1, 0.15) is 0 Å². The Morgan fingerprint density at radius 1 is 0.923 bits per heavy atom. The van der Waals surface area contributed by atoms with Crippen LogP contribution >= 0.6 is 0 Å². The number of hydrogen-bond donors (Lipinski definition) is 1. The van der Waals surface area contributed by atoms with Gasteiger partial charge < -0.3 is 14.9 Å². The molecule has 2 aliphatic rings. The standard InChI is InChI=1S/C30H32N6O3/c1-19-16-25(20-4-7-22(8-5-20)30(2,3)39)31-26-17-21(6-11-24(19)26)28(37)34-12-14-35(15-13-34)29(38)27-18-36(33-32-27)23-9-10-23/h4-8,11,16-18,23,39H,9-10,12-15H2,1-3H3. The molecular formula is C30H32N6O3. The van der Waals surface area contributed by atoms with E-state index in [9.17, 15) is 14.7 Å². The summed E-state index contributed by atoms with van der Waals surface area (Å²) in [5, 5.41) is 19.4. The van der Waals surface area contributed by atoms with E-state index in [1.165, 1.54) is 0 Å². The molecule has 1 N–H and O–H groups in total. The third-order valence-electron chi connectivity index (χ3n) is 7.66. The van der Waals surface area contributed by atoms with Crippen molar-refractivity contribution in [1.82, 2.24) is 29.8 Å². The Morgan fingerprint density at radius 2 is 1.59 bits per heavy atom. The highest BCUT2D eigenvalue weighted by molar-refractivity contribution is 5.99. The van der Waals surface area contributed by atoms with Gasteiger partial charge in [-0.15, -0.1) is 5.10 Å². The molecule has 9 heteroatoms. The van der Waals surface area contributed by atoms with Crippen molar-refractivity contribution in [2.75, 3.05) is 26.2 Å². The van der Waals surface area contributed by atoms with Crippen LogP contribution in [0.4, 0.5) is 0 Å². The molecule has 3 heterocycles. The number of fused-ring (bicyclic) bond motifs is 1. The maximum absolute atomic E-state index is 13.4. The Balaban J connectivity index is 1.17. The summed E-state index contributed by atoms with van der Waals surface area (Å²) in [6.45, 7) is 7.39. The molecule has 6 rings (SSSR count). The molecule has 0 bridgehead atoms. The van der Waals surface area contributed by atoms with Gasteiger partial charge in [0.15, 0.2) is 5.69 Å². The smallest absolute Gasteiger partial charge is 0.276 e. The average molecular weight is 525 g/mol. The second-order valence-corrected chi connectivity index (χ2v) is 11.1. The largest absolute Gasteiger partial charge is 0.386 e. The van der Waals surface area contributed by atoms with Crippen LogP contribution in [0, 0.1) is 6.92 Å². The van der Waals surface area contributed by atoms with Crippen molar-refractivity contribution in [2.24, 2.45) is 0 Å². The first-order valence-electron chi connectivity index (χ1n) is 13.4. The minimum absolute atomic E-state index is 0.0666. The molecule has 2 aromatic heterocycles. The van der Waals surface area contributed by atoms with Crippen molar-refractivity contribution in [3.63, 3.8) is 0 Å². The van der Waals surface area contributed by atoms with E-state index in [0.717, 1.165) is 46.1 Å². The van der Waals surface area contributed by atoms with Gasteiger partial charge in [-0.05, 0) is 62.9 Å². The van der Waals surface area contributed by atoms with Crippen LogP contribution in [0.25, 0.3) is 22.2 Å². The summed E-state index contributed by atoms with van der Waals surface area (Å²) in [4.78, 5) is 34.7. The molecule has 4 aromatic rings. The lowest BCUT2D eigenvalue weighted by atomic mass is 9.96. The van der Waals surface area contributed by atoms with E-state index in [1.54, 1.807) is 34.5 Å². The number of rotatable bonds is 5. The lowest BCUT2D eigenvalue weighted by Gasteiger charge is -2.34. The summed E-state index contributed by atoms with van der Waals surface area (Å²) in [6.07, 6.45) is 3.90. The first-order valence-corrected chi connectivity index (χ1v) is 13.4. The third-order valence-corrected chi connectivity index (χ3v) is 7.66. The van der Waals surface area contributed by atoms with Gasteiger partial charge in [-0.3, -0.25) is 9.59 Å². The predicted molar refractivity (Wildman–Crippen MR) is 147 cm³/mol. The summed E-state index contributed by atoms with van der Waals surface area (Å²) in [5.74, 6) is -0.203. The van der Waals surface area contributed by atoms with Gasteiger partial charge >= 0.3 is 0 Å². The molecule has 1 saturated heterocycles. The van der Waals surface area contributed by atoms with Gasteiger partial charge in [0.25, 0.3) is 11.8 Å². The van der Waals surface area contributed by atoms with E-state index >= 15 is 0 Å². The molecule has 200 valence electrons. The van der Waals surface area contributed by atoms with Crippen LogP contribution in [0.5, 0.6) is 0 Å². The fourth-order valence-electron chi connectivity index (χ4n) is 5.08. The normalized spacial score (nSPS) is 16.1. The van der Waals surface area contributed by atoms with Crippen molar-refractivity contribution < 1.29 is 14.7 Å². The minimum Gasteiger partial charge on any atom is -0.386 e. The molecule has 39 heavy (non-hydrogen) atoms. The van der Waals surface area contributed by atoms with Crippen LogP contribution in [0.3, 0.4) is 0 Å². The van der Waals surface area contributed by atoms with Crippen molar-refractivity contribution in [3.8, 4) is 11.3 Å². The highest BCUT2D eigenvalue weighted by Crippen LogP contribution is 2.34. The van der Waals surface area contributed by atoms with Gasteiger partial charge in [0, 0.05) is 42.7 Å². The minimum atomic E-state index is -0.907. The topological polar surface area (TPSA) is 104 Å². The number of amides is 2. The van der Waals surface area contributed by atoms with E-state index in [4.69, 9.17) is 4.98 Å². The SMILES string of the molecule is Cc1cc(-c2ccc(C(C)(C)O)cc2)nc2cc(C(=O)N3CCN(C(=O)c4cn(C5CC5)nn4)CC3)ccc12. The van der Waals surface area contributed by atoms with E-state index in [0.29, 0.717) is 43.5 Å². The number of carbonyl (C=O) groups is 2.